The summed E-state index contributed by atoms with van der Waals surface area (Å²) in [5.41, 5.74) is 2.93. The van der Waals surface area contributed by atoms with E-state index < -0.39 is 0 Å². The summed E-state index contributed by atoms with van der Waals surface area (Å²) in [5, 5.41) is 0. The zero-order valence-corrected chi connectivity index (χ0v) is 12.3. The van der Waals surface area contributed by atoms with Gasteiger partial charge in [0.15, 0.2) is 0 Å². The Hall–Kier alpha value is -2.14. The number of nitrogens with one attached hydrogen (secondary N) is 1. The molecule has 0 saturated heterocycles. The molecule has 0 amide bonds. The van der Waals surface area contributed by atoms with Crippen molar-refractivity contribution in [3.05, 3.63) is 57.3 Å². The molecular weight excluding hydrogens is 266 g/mol. The van der Waals surface area contributed by atoms with Crippen LogP contribution >= 0.6 is 0 Å². The third-order valence-electron chi connectivity index (χ3n) is 3.81. The molecule has 110 valence electrons. The van der Waals surface area contributed by atoms with E-state index in [1.165, 1.54) is 5.56 Å². The standard InChI is InChI=1S/C16H19N3O2/c1-11-17-15-6-7-19(10-14(15)16(20)18-11)9-12-4-3-5-13(8-12)21-2/h3-5,8H,6-7,9-10H2,1-2H3,(H,17,18,20). The van der Waals surface area contributed by atoms with Crippen LogP contribution in [-0.4, -0.2) is 28.5 Å². The molecule has 2 heterocycles. The summed E-state index contributed by atoms with van der Waals surface area (Å²) in [7, 11) is 1.67. The highest BCUT2D eigenvalue weighted by Crippen LogP contribution is 2.18. The lowest BCUT2D eigenvalue weighted by atomic mass is 10.1. The average molecular weight is 285 g/mol. The van der Waals surface area contributed by atoms with Crippen LogP contribution in [0.1, 0.15) is 22.6 Å². The quantitative estimate of drug-likeness (QED) is 0.931. The van der Waals surface area contributed by atoms with E-state index in [-0.39, 0.29) is 5.56 Å². The van der Waals surface area contributed by atoms with E-state index in [2.05, 4.69) is 20.9 Å². The molecule has 0 fully saturated rings. The molecule has 5 nitrogen and oxygen atoms in total. The molecule has 0 bridgehead atoms. The van der Waals surface area contributed by atoms with E-state index in [4.69, 9.17) is 4.74 Å². The van der Waals surface area contributed by atoms with Gasteiger partial charge in [-0.05, 0) is 24.6 Å². The number of fused-ring (bicyclic) bond motifs is 1. The maximum absolute atomic E-state index is 12.0. The molecule has 0 atom stereocenters. The van der Waals surface area contributed by atoms with E-state index in [9.17, 15) is 4.79 Å². The summed E-state index contributed by atoms with van der Waals surface area (Å²) >= 11 is 0. The number of hydrogen-bond acceptors (Lipinski definition) is 4. The molecule has 0 spiro atoms. The fraction of sp³-hybridized carbons (Fsp3) is 0.375. The first kappa shape index (κ1) is 13.8. The van der Waals surface area contributed by atoms with Crippen LogP contribution in [0.15, 0.2) is 29.1 Å². The molecule has 1 aromatic heterocycles. The minimum absolute atomic E-state index is 0.00663. The predicted molar refractivity (Wildman–Crippen MR) is 80.4 cm³/mol. The Morgan fingerprint density at radius 2 is 2.29 bits per heavy atom. The molecule has 0 saturated carbocycles. The third kappa shape index (κ3) is 2.97. The highest BCUT2D eigenvalue weighted by molar-refractivity contribution is 5.29. The maximum atomic E-state index is 12.0. The first-order valence-electron chi connectivity index (χ1n) is 7.09. The Balaban J connectivity index is 1.78. The van der Waals surface area contributed by atoms with Crippen molar-refractivity contribution in [2.45, 2.75) is 26.4 Å². The van der Waals surface area contributed by atoms with E-state index in [0.29, 0.717) is 12.4 Å². The number of H-pyrrole nitrogens is 1. The second kappa shape index (κ2) is 5.69. The largest absolute Gasteiger partial charge is 0.497 e. The van der Waals surface area contributed by atoms with Gasteiger partial charge in [-0.15, -0.1) is 0 Å². The van der Waals surface area contributed by atoms with Gasteiger partial charge in [-0.2, -0.15) is 0 Å². The number of nitrogens with zero attached hydrogens (tertiary/aromatic N) is 2. The van der Waals surface area contributed by atoms with Gasteiger partial charge in [0.25, 0.3) is 5.56 Å². The number of rotatable bonds is 3. The molecular formula is C16H19N3O2. The topological polar surface area (TPSA) is 58.2 Å². The Morgan fingerprint density at radius 3 is 3.10 bits per heavy atom. The summed E-state index contributed by atoms with van der Waals surface area (Å²) < 4.78 is 5.25. The van der Waals surface area contributed by atoms with Gasteiger partial charge < -0.3 is 9.72 Å². The van der Waals surface area contributed by atoms with Gasteiger partial charge in [0, 0.05) is 26.1 Å². The number of benzene rings is 1. The monoisotopic (exact) mass is 285 g/mol. The fourth-order valence-corrected chi connectivity index (χ4v) is 2.77. The van der Waals surface area contributed by atoms with Crippen molar-refractivity contribution < 1.29 is 4.74 Å². The summed E-state index contributed by atoms with van der Waals surface area (Å²) in [4.78, 5) is 21.5. The summed E-state index contributed by atoms with van der Waals surface area (Å²) in [5.74, 6) is 1.56. The van der Waals surface area contributed by atoms with E-state index in [1.54, 1.807) is 7.11 Å². The summed E-state index contributed by atoms with van der Waals surface area (Å²) in [6, 6.07) is 8.04. The van der Waals surface area contributed by atoms with Crippen molar-refractivity contribution in [2.75, 3.05) is 13.7 Å². The second-order valence-electron chi connectivity index (χ2n) is 5.39. The highest BCUT2D eigenvalue weighted by Gasteiger charge is 2.20. The Labute approximate surface area is 123 Å². The van der Waals surface area contributed by atoms with Crippen LogP contribution in [0, 0.1) is 6.92 Å². The fourth-order valence-electron chi connectivity index (χ4n) is 2.77. The van der Waals surface area contributed by atoms with Crippen molar-refractivity contribution in [3.63, 3.8) is 0 Å². The van der Waals surface area contributed by atoms with Gasteiger partial charge in [0.1, 0.15) is 11.6 Å². The molecule has 0 unspecified atom stereocenters. The average Bonchev–Trinajstić information content (AvgIpc) is 2.48. The van der Waals surface area contributed by atoms with Crippen LogP contribution in [0.25, 0.3) is 0 Å². The molecule has 5 heteroatoms. The van der Waals surface area contributed by atoms with Crippen molar-refractivity contribution in [1.29, 1.82) is 0 Å². The lowest BCUT2D eigenvalue weighted by Gasteiger charge is -2.27. The molecule has 0 radical (unpaired) electrons. The molecule has 0 aliphatic carbocycles. The highest BCUT2D eigenvalue weighted by atomic mass is 16.5. The van der Waals surface area contributed by atoms with E-state index >= 15 is 0 Å². The number of aromatic nitrogens is 2. The molecule has 1 aliphatic rings. The number of aromatic amines is 1. The Morgan fingerprint density at radius 1 is 1.43 bits per heavy atom. The van der Waals surface area contributed by atoms with Crippen LogP contribution in [0.2, 0.25) is 0 Å². The minimum Gasteiger partial charge on any atom is -0.497 e. The van der Waals surface area contributed by atoms with Gasteiger partial charge >= 0.3 is 0 Å². The molecule has 21 heavy (non-hydrogen) atoms. The molecule has 1 N–H and O–H groups in total. The lowest BCUT2D eigenvalue weighted by molar-refractivity contribution is 0.241. The number of aryl methyl sites for hydroxylation is 1. The number of hydrogen-bond donors (Lipinski definition) is 1. The van der Waals surface area contributed by atoms with Gasteiger partial charge in [-0.25, -0.2) is 4.98 Å². The maximum Gasteiger partial charge on any atom is 0.255 e. The smallest absolute Gasteiger partial charge is 0.255 e. The van der Waals surface area contributed by atoms with Crippen molar-refractivity contribution in [2.24, 2.45) is 0 Å². The van der Waals surface area contributed by atoms with Gasteiger partial charge in [-0.1, -0.05) is 12.1 Å². The zero-order chi connectivity index (χ0) is 14.8. The van der Waals surface area contributed by atoms with E-state index in [1.807, 2.05) is 25.1 Å². The van der Waals surface area contributed by atoms with Gasteiger partial charge in [0.2, 0.25) is 0 Å². The molecule has 1 aliphatic heterocycles. The van der Waals surface area contributed by atoms with Crippen molar-refractivity contribution in [1.82, 2.24) is 14.9 Å². The molecule has 3 rings (SSSR count). The van der Waals surface area contributed by atoms with E-state index in [0.717, 1.165) is 36.5 Å². The van der Waals surface area contributed by atoms with Crippen LogP contribution in [0.4, 0.5) is 0 Å². The van der Waals surface area contributed by atoms with Gasteiger partial charge in [0.05, 0.1) is 18.4 Å². The molecule has 1 aromatic carbocycles. The van der Waals surface area contributed by atoms with Gasteiger partial charge in [-0.3, -0.25) is 9.69 Å². The second-order valence-corrected chi connectivity index (χ2v) is 5.39. The van der Waals surface area contributed by atoms with Crippen molar-refractivity contribution in [3.8, 4) is 5.75 Å². The lowest BCUT2D eigenvalue weighted by Crippen LogP contribution is -2.35. The third-order valence-corrected chi connectivity index (χ3v) is 3.81. The van der Waals surface area contributed by atoms with Crippen LogP contribution < -0.4 is 10.3 Å². The summed E-state index contributed by atoms with van der Waals surface area (Å²) in [6.45, 7) is 4.20. The first-order chi connectivity index (χ1) is 10.2. The Kier molecular flexibility index (Phi) is 3.75. The van der Waals surface area contributed by atoms with Crippen LogP contribution in [0.5, 0.6) is 5.75 Å². The van der Waals surface area contributed by atoms with Crippen molar-refractivity contribution >= 4 is 0 Å². The zero-order valence-electron chi connectivity index (χ0n) is 12.3. The van der Waals surface area contributed by atoms with Crippen LogP contribution in [0.3, 0.4) is 0 Å². The normalized spacial score (nSPS) is 14.8. The first-order valence-corrected chi connectivity index (χ1v) is 7.09. The molecule has 2 aromatic rings. The predicted octanol–water partition coefficient (Wildman–Crippen LogP) is 1.65. The summed E-state index contributed by atoms with van der Waals surface area (Å²) in [6.07, 6.45) is 0.823. The Bertz CT molecular complexity index is 709. The SMILES string of the molecule is COc1cccc(CN2CCc3nc(C)[nH]c(=O)c3C2)c1. The van der Waals surface area contributed by atoms with Crippen LogP contribution in [-0.2, 0) is 19.5 Å². The number of methoxy groups -OCH3 is 1. The minimum atomic E-state index is -0.00663. The number of ether oxygens (including phenoxy) is 1.